The van der Waals surface area contributed by atoms with E-state index in [2.05, 4.69) is 10.6 Å². The fourth-order valence-corrected chi connectivity index (χ4v) is 2.59. The standard InChI is InChI=1S/C18H16ClF3N2O4/c1-7-11(16(26)23-8-5-9(20)13(22)10(21)6-8)12(19)15(28-7)14(25)17(27)24-18(2,3)4/h5-6H,1-4H3,(H,23,26)(H,24,27). The smallest absolute Gasteiger partial charge is 0.296 e. The summed E-state index contributed by atoms with van der Waals surface area (Å²) in [6.45, 7) is 6.29. The van der Waals surface area contributed by atoms with Crippen molar-refractivity contribution in [3.05, 3.63) is 51.7 Å². The molecular weight excluding hydrogens is 401 g/mol. The second kappa shape index (κ2) is 7.67. The maximum atomic E-state index is 13.3. The number of furan rings is 1. The molecule has 2 N–H and O–H groups in total. The van der Waals surface area contributed by atoms with Gasteiger partial charge in [-0.3, -0.25) is 14.4 Å². The van der Waals surface area contributed by atoms with Crippen LogP contribution in [0.4, 0.5) is 18.9 Å². The zero-order valence-corrected chi connectivity index (χ0v) is 16.1. The molecule has 1 aromatic carbocycles. The number of hydrogen-bond acceptors (Lipinski definition) is 4. The molecule has 0 spiro atoms. The van der Waals surface area contributed by atoms with E-state index in [-0.39, 0.29) is 17.0 Å². The molecule has 0 aliphatic carbocycles. The van der Waals surface area contributed by atoms with Gasteiger partial charge in [0.25, 0.3) is 17.6 Å². The molecule has 0 saturated heterocycles. The molecule has 0 aliphatic rings. The minimum atomic E-state index is -1.69. The SMILES string of the molecule is Cc1oc(C(=O)C(=O)NC(C)(C)C)c(Cl)c1C(=O)Nc1cc(F)c(F)c(F)c1. The van der Waals surface area contributed by atoms with Crippen molar-refractivity contribution in [2.75, 3.05) is 5.32 Å². The van der Waals surface area contributed by atoms with Gasteiger partial charge < -0.3 is 15.1 Å². The molecule has 10 heteroatoms. The lowest BCUT2D eigenvalue weighted by Crippen LogP contribution is -2.44. The molecule has 0 fully saturated rings. The lowest BCUT2D eigenvalue weighted by atomic mass is 10.1. The van der Waals surface area contributed by atoms with Gasteiger partial charge in [-0.15, -0.1) is 0 Å². The summed E-state index contributed by atoms with van der Waals surface area (Å²) in [5.74, 6) is -8.39. The Bertz CT molecular complexity index is 957. The topological polar surface area (TPSA) is 88.4 Å². The monoisotopic (exact) mass is 416 g/mol. The van der Waals surface area contributed by atoms with E-state index in [0.717, 1.165) is 0 Å². The zero-order chi connectivity index (χ0) is 21.4. The van der Waals surface area contributed by atoms with E-state index in [4.69, 9.17) is 16.0 Å². The van der Waals surface area contributed by atoms with Crippen molar-refractivity contribution in [3.8, 4) is 0 Å². The highest BCUT2D eigenvalue weighted by Crippen LogP contribution is 2.29. The average Bonchev–Trinajstić information content (AvgIpc) is 2.84. The highest BCUT2D eigenvalue weighted by Gasteiger charge is 2.31. The van der Waals surface area contributed by atoms with Gasteiger partial charge in [0.05, 0.1) is 0 Å². The lowest BCUT2D eigenvalue weighted by Gasteiger charge is -2.19. The van der Waals surface area contributed by atoms with Gasteiger partial charge in [-0.25, -0.2) is 13.2 Å². The Kier molecular flexibility index (Phi) is 5.88. The number of anilines is 1. The summed E-state index contributed by atoms with van der Waals surface area (Å²) in [6.07, 6.45) is 0. The molecule has 2 aromatic rings. The maximum Gasteiger partial charge on any atom is 0.296 e. The fourth-order valence-electron chi connectivity index (χ4n) is 2.24. The molecule has 28 heavy (non-hydrogen) atoms. The number of aryl methyl sites for hydroxylation is 1. The Hall–Kier alpha value is -2.81. The molecule has 150 valence electrons. The predicted octanol–water partition coefficient (Wildman–Crippen LogP) is 4.01. The first-order valence-corrected chi connectivity index (χ1v) is 8.31. The minimum Gasteiger partial charge on any atom is -0.455 e. The lowest BCUT2D eigenvalue weighted by molar-refractivity contribution is -0.118. The minimum absolute atomic E-state index is 0.0996. The zero-order valence-electron chi connectivity index (χ0n) is 15.3. The van der Waals surface area contributed by atoms with Crippen molar-refractivity contribution >= 4 is 34.9 Å². The van der Waals surface area contributed by atoms with Gasteiger partial charge >= 0.3 is 0 Å². The van der Waals surface area contributed by atoms with E-state index in [9.17, 15) is 27.6 Å². The summed E-state index contributed by atoms with van der Waals surface area (Å²) in [6, 6.07) is 1.14. The third kappa shape index (κ3) is 4.53. The number of Topliss-reactive ketones (excluding diaryl/α,β-unsaturated/α-hetero) is 1. The number of nitrogens with one attached hydrogen (secondary N) is 2. The third-order valence-corrected chi connectivity index (χ3v) is 3.76. The Morgan fingerprint density at radius 1 is 1.07 bits per heavy atom. The summed E-state index contributed by atoms with van der Waals surface area (Å²) < 4.78 is 44.7. The molecule has 0 aliphatic heterocycles. The van der Waals surface area contributed by atoms with Crippen molar-refractivity contribution in [2.24, 2.45) is 0 Å². The summed E-state index contributed by atoms with van der Waals surface area (Å²) >= 11 is 6.03. The average molecular weight is 417 g/mol. The summed E-state index contributed by atoms with van der Waals surface area (Å²) in [5, 5.41) is 4.12. The van der Waals surface area contributed by atoms with Gasteiger partial charge in [0.2, 0.25) is 0 Å². The van der Waals surface area contributed by atoms with Gasteiger partial charge in [0.1, 0.15) is 16.3 Å². The van der Waals surface area contributed by atoms with E-state index in [1.54, 1.807) is 20.8 Å². The van der Waals surface area contributed by atoms with Crippen molar-refractivity contribution in [2.45, 2.75) is 33.2 Å². The molecule has 1 heterocycles. The van der Waals surface area contributed by atoms with Crippen LogP contribution < -0.4 is 10.6 Å². The Morgan fingerprint density at radius 3 is 2.11 bits per heavy atom. The van der Waals surface area contributed by atoms with Crippen LogP contribution in [-0.2, 0) is 4.79 Å². The number of rotatable bonds is 4. The van der Waals surface area contributed by atoms with Crippen LogP contribution in [0.3, 0.4) is 0 Å². The molecule has 1 aromatic heterocycles. The summed E-state index contributed by atoms with van der Waals surface area (Å²) in [7, 11) is 0. The van der Waals surface area contributed by atoms with Crippen LogP contribution in [0.5, 0.6) is 0 Å². The normalized spacial score (nSPS) is 11.3. The van der Waals surface area contributed by atoms with Gasteiger partial charge in [0, 0.05) is 23.4 Å². The van der Waals surface area contributed by atoms with Crippen LogP contribution in [0.1, 0.15) is 47.4 Å². The first-order chi connectivity index (χ1) is 12.8. The molecule has 2 amide bonds. The largest absolute Gasteiger partial charge is 0.455 e. The van der Waals surface area contributed by atoms with Crippen molar-refractivity contribution < 1.29 is 32.0 Å². The Labute approximate surface area is 163 Å². The van der Waals surface area contributed by atoms with Crippen LogP contribution in [0, 0.1) is 24.4 Å². The van der Waals surface area contributed by atoms with E-state index in [1.165, 1.54) is 6.92 Å². The van der Waals surface area contributed by atoms with Crippen LogP contribution in [-0.4, -0.2) is 23.1 Å². The van der Waals surface area contributed by atoms with E-state index in [0.29, 0.717) is 12.1 Å². The van der Waals surface area contributed by atoms with Gasteiger partial charge in [0.15, 0.2) is 23.2 Å². The molecule has 0 saturated carbocycles. The number of carbonyl (C=O) groups excluding carboxylic acids is 3. The number of amides is 2. The van der Waals surface area contributed by atoms with Crippen molar-refractivity contribution in [3.63, 3.8) is 0 Å². The highest BCUT2D eigenvalue weighted by molar-refractivity contribution is 6.47. The summed E-state index contributed by atoms with van der Waals surface area (Å²) in [4.78, 5) is 36.6. The highest BCUT2D eigenvalue weighted by atomic mass is 35.5. The molecule has 2 rings (SSSR count). The Balaban J connectivity index is 2.31. The van der Waals surface area contributed by atoms with Gasteiger partial charge in [-0.1, -0.05) is 11.6 Å². The Morgan fingerprint density at radius 2 is 1.61 bits per heavy atom. The van der Waals surface area contributed by atoms with Crippen molar-refractivity contribution in [1.82, 2.24) is 5.32 Å². The quantitative estimate of drug-likeness (QED) is 0.448. The molecule has 0 radical (unpaired) electrons. The van der Waals surface area contributed by atoms with Crippen LogP contribution in [0.2, 0.25) is 5.02 Å². The molecule has 0 bridgehead atoms. The first kappa shape index (κ1) is 21.5. The van der Waals surface area contributed by atoms with Gasteiger partial charge in [-0.2, -0.15) is 0 Å². The number of benzene rings is 1. The number of carbonyl (C=O) groups is 3. The number of hydrogen-bond donors (Lipinski definition) is 2. The molecule has 0 unspecified atom stereocenters. The second-order valence-corrected chi connectivity index (χ2v) is 7.30. The molecular formula is C18H16ClF3N2O4. The van der Waals surface area contributed by atoms with Crippen LogP contribution in [0.25, 0.3) is 0 Å². The van der Waals surface area contributed by atoms with Crippen LogP contribution in [0.15, 0.2) is 16.5 Å². The summed E-state index contributed by atoms with van der Waals surface area (Å²) in [5.41, 5.74) is -1.38. The predicted molar refractivity (Wildman–Crippen MR) is 95.0 cm³/mol. The third-order valence-electron chi connectivity index (χ3n) is 3.40. The first-order valence-electron chi connectivity index (χ1n) is 7.93. The van der Waals surface area contributed by atoms with Crippen molar-refractivity contribution in [1.29, 1.82) is 0 Å². The van der Waals surface area contributed by atoms with Gasteiger partial charge in [-0.05, 0) is 27.7 Å². The van der Waals surface area contributed by atoms with E-state index in [1.807, 2.05) is 0 Å². The van der Waals surface area contributed by atoms with E-state index >= 15 is 0 Å². The number of ketones is 1. The van der Waals surface area contributed by atoms with Crippen LogP contribution >= 0.6 is 11.6 Å². The molecule has 0 atom stereocenters. The molecule has 6 nitrogen and oxygen atoms in total. The second-order valence-electron chi connectivity index (χ2n) is 6.92. The maximum absolute atomic E-state index is 13.3. The van der Waals surface area contributed by atoms with E-state index < -0.39 is 51.4 Å². The number of halogens is 4. The fraction of sp³-hybridized carbons (Fsp3) is 0.278.